The standard InChI is InChI=1S/C9H17N3O/c1-7-8(5-6-10-2)13-9(11-7)12(3)4/h10H,5-6H2,1-4H3. The first-order valence-electron chi connectivity index (χ1n) is 4.43. The fourth-order valence-electron chi connectivity index (χ4n) is 1.07. The van der Waals surface area contributed by atoms with Crippen LogP contribution in [0, 0.1) is 6.92 Å². The highest BCUT2D eigenvalue weighted by molar-refractivity contribution is 5.26. The highest BCUT2D eigenvalue weighted by Crippen LogP contribution is 2.16. The Morgan fingerprint density at radius 2 is 2.15 bits per heavy atom. The van der Waals surface area contributed by atoms with Crippen molar-refractivity contribution >= 4 is 6.01 Å². The molecule has 74 valence electrons. The minimum absolute atomic E-state index is 0.684. The van der Waals surface area contributed by atoms with Gasteiger partial charge in [-0.2, -0.15) is 4.98 Å². The number of likely N-dealkylation sites (N-methyl/N-ethyl adjacent to an activating group) is 1. The molecule has 0 amide bonds. The van der Waals surface area contributed by atoms with Crippen LogP contribution in [-0.2, 0) is 6.42 Å². The third-order valence-electron chi connectivity index (χ3n) is 1.87. The topological polar surface area (TPSA) is 41.3 Å². The zero-order valence-corrected chi connectivity index (χ0v) is 8.72. The Labute approximate surface area is 78.9 Å². The molecule has 0 fully saturated rings. The van der Waals surface area contributed by atoms with E-state index in [4.69, 9.17) is 4.42 Å². The predicted molar refractivity (Wildman–Crippen MR) is 53.2 cm³/mol. The molecule has 13 heavy (non-hydrogen) atoms. The first-order chi connectivity index (χ1) is 6.15. The number of oxazole rings is 1. The van der Waals surface area contributed by atoms with Gasteiger partial charge in [0, 0.05) is 27.1 Å². The molecule has 1 aromatic heterocycles. The van der Waals surface area contributed by atoms with Crippen molar-refractivity contribution in [2.24, 2.45) is 0 Å². The van der Waals surface area contributed by atoms with Crippen molar-refractivity contribution in [3.63, 3.8) is 0 Å². The van der Waals surface area contributed by atoms with Gasteiger partial charge in [-0.1, -0.05) is 0 Å². The summed E-state index contributed by atoms with van der Waals surface area (Å²) in [5, 5.41) is 3.08. The van der Waals surface area contributed by atoms with Crippen LogP contribution in [0.5, 0.6) is 0 Å². The van der Waals surface area contributed by atoms with E-state index >= 15 is 0 Å². The first kappa shape index (κ1) is 10.1. The van der Waals surface area contributed by atoms with Crippen LogP contribution in [-0.4, -0.2) is 32.7 Å². The number of aryl methyl sites for hydroxylation is 1. The van der Waals surface area contributed by atoms with Gasteiger partial charge in [0.15, 0.2) is 0 Å². The Balaban J connectivity index is 2.71. The zero-order valence-electron chi connectivity index (χ0n) is 8.72. The normalized spacial score (nSPS) is 10.5. The van der Waals surface area contributed by atoms with Gasteiger partial charge < -0.3 is 14.6 Å². The van der Waals surface area contributed by atoms with Crippen molar-refractivity contribution in [2.45, 2.75) is 13.3 Å². The molecule has 0 bridgehead atoms. The molecular formula is C9H17N3O. The largest absolute Gasteiger partial charge is 0.428 e. The number of nitrogens with zero attached hydrogens (tertiary/aromatic N) is 2. The molecule has 0 unspecified atom stereocenters. The van der Waals surface area contributed by atoms with Crippen LogP contribution in [0.4, 0.5) is 6.01 Å². The summed E-state index contributed by atoms with van der Waals surface area (Å²) >= 11 is 0. The van der Waals surface area contributed by atoms with Gasteiger partial charge in [0.2, 0.25) is 0 Å². The van der Waals surface area contributed by atoms with E-state index < -0.39 is 0 Å². The van der Waals surface area contributed by atoms with Gasteiger partial charge in [0.25, 0.3) is 6.01 Å². The molecule has 0 atom stereocenters. The number of rotatable bonds is 4. The number of aromatic nitrogens is 1. The van der Waals surface area contributed by atoms with Crippen LogP contribution in [0.3, 0.4) is 0 Å². The molecule has 0 aromatic carbocycles. The molecule has 0 aliphatic heterocycles. The van der Waals surface area contributed by atoms with Gasteiger partial charge >= 0.3 is 0 Å². The van der Waals surface area contributed by atoms with Crippen LogP contribution in [0.1, 0.15) is 11.5 Å². The summed E-state index contributed by atoms with van der Waals surface area (Å²) in [7, 11) is 5.78. The third-order valence-corrected chi connectivity index (χ3v) is 1.87. The smallest absolute Gasteiger partial charge is 0.297 e. The summed E-state index contributed by atoms with van der Waals surface area (Å²) < 4.78 is 5.55. The summed E-state index contributed by atoms with van der Waals surface area (Å²) in [6, 6.07) is 0.684. The van der Waals surface area contributed by atoms with E-state index in [0.717, 1.165) is 24.4 Å². The van der Waals surface area contributed by atoms with Gasteiger partial charge in [0.05, 0.1) is 5.69 Å². The quantitative estimate of drug-likeness (QED) is 0.750. The number of anilines is 1. The number of nitrogens with one attached hydrogen (secondary N) is 1. The maximum atomic E-state index is 5.55. The van der Waals surface area contributed by atoms with Crippen LogP contribution in [0.2, 0.25) is 0 Å². The molecule has 1 aromatic rings. The zero-order chi connectivity index (χ0) is 9.84. The lowest BCUT2D eigenvalue weighted by Gasteiger charge is -2.04. The van der Waals surface area contributed by atoms with Crippen LogP contribution in [0.25, 0.3) is 0 Å². The molecule has 0 saturated carbocycles. The Bertz CT molecular complexity index is 268. The van der Waals surface area contributed by atoms with E-state index in [1.54, 1.807) is 0 Å². The van der Waals surface area contributed by atoms with Gasteiger partial charge in [-0.3, -0.25) is 0 Å². The Morgan fingerprint density at radius 1 is 1.46 bits per heavy atom. The molecule has 4 heteroatoms. The van der Waals surface area contributed by atoms with E-state index in [1.807, 2.05) is 33.0 Å². The second-order valence-corrected chi connectivity index (χ2v) is 3.25. The predicted octanol–water partition coefficient (Wildman–Crippen LogP) is 0.811. The van der Waals surface area contributed by atoms with Crippen molar-refractivity contribution in [2.75, 3.05) is 32.6 Å². The van der Waals surface area contributed by atoms with E-state index in [2.05, 4.69) is 10.3 Å². The SMILES string of the molecule is CNCCc1oc(N(C)C)nc1C. The van der Waals surface area contributed by atoms with Crippen molar-refractivity contribution in [1.29, 1.82) is 0 Å². The minimum Gasteiger partial charge on any atom is -0.428 e. The van der Waals surface area contributed by atoms with E-state index in [0.29, 0.717) is 6.01 Å². The summed E-state index contributed by atoms with van der Waals surface area (Å²) in [5.41, 5.74) is 0.985. The number of hydrogen-bond donors (Lipinski definition) is 1. The summed E-state index contributed by atoms with van der Waals surface area (Å²) in [6.07, 6.45) is 0.892. The van der Waals surface area contributed by atoms with Crippen LogP contribution >= 0.6 is 0 Å². The fourth-order valence-corrected chi connectivity index (χ4v) is 1.07. The maximum absolute atomic E-state index is 5.55. The molecule has 0 aliphatic carbocycles. The Kier molecular flexibility index (Phi) is 3.31. The number of hydrogen-bond acceptors (Lipinski definition) is 4. The molecule has 0 spiro atoms. The van der Waals surface area contributed by atoms with Crippen molar-refractivity contribution < 1.29 is 4.42 Å². The van der Waals surface area contributed by atoms with Crippen LogP contribution in [0.15, 0.2) is 4.42 Å². The van der Waals surface area contributed by atoms with Crippen molar-refractivity contribution in [3.8, 4) is 0 Å². The summed E-state index contributed by atoms with van der Waals surface area (Å²) in [5.74, 6) is 0.970. The van der Waals surface area contributed by atoms with E-state index in [1.165, 1.54) is 0 Å². The second kappa shape index (κ2) is 4.28. The van der Waals surface area contributed by atoms with Gasteiger partial charge in [-0.25, -0.2) is 0 Å². The lowest BCUT2D eigenvalue weighted by Crippen LogP contribution is -2.10. The summed E-state index contributed by atoms with van der Waals surface area (Å²) in [4.78, 5) is 6.17. The first-order valence-corrected chi connectivity index (χ1v) is 4.43. The summed E-state index contributed by atoms with van der Waals surface area (Å²) in [6.45, 7) is 2.89. The average molecular weight is 183 g/mol. The van der Waals surface area contributed by atoms with Gasteiger partial charge in [0.1, 0.15) is 5.76 Å². The molecule has 4 nitrogen and oxygen atoms in total. The lowest BCUT2D eigenvalue weighted by molar-refractivity contribution is 0.498. The maximum Gasteiger partial charge on any atom is 0.297 e. The molecule has 1 N–H and O–H groups in total. The van der Waals surface area contributed by atoms with Crippen molar-refractivity contribution in [3.05, 3.63) is 11.5 Å². The molecule has 0 saturated heterocycles. The average Bonchev–Trinajstić information content (AvgIpc) is 2.44. The molecule has 0 aliphatic rings. The molecular weight excluding hydrogens is 166 g/mol. The molecule has 1 rings (SSSR count). The molecule has 0 radical (unpaired) electrons. The van der Waals surface area contributed by atoms with E-state index in [-0.39, 0.29) is 0 Å². The highest BCUT2D eigenvalue weighted by Gasteiger charge is 2.09. The van der Waals surface area contributed by atoms with Crippen molar-refractivity contribution in [1.82, 2.24) is 10.3 Å². The second-order valence-electron chi connectivity index (χ2n) is 3.25. The Morgan fingerprint density at radius 3 is 2.62 bits per heavy atom. The Hall–Kier alpha value is -1.03. The van der Waals surface area contributed by atoms with Gasteiger partial charge in [-0.05, 0) is 14.0 Å². The van der Waals surface area contributed by atoms with E-state index in [9.17, 15) is 0 Å². The fraction of sp³-hybridized carbons (Fsp3) is 0.667. The van der Waals surface area contributed by atoms with Gasteiger partial charge in [-0.15, -0.1) is 0 Å². The third kappa shape index (κ3) is 2.45. The minimum atomic E-state index is 0.684. The monoisotopic (exact) mass is 183 g/mol. The molecule has 1 heterocycles. The lowest BCUT2D eigenvalue weighted by atomic mass is 10.3. The van der Waals surface area contributed by atoms with Crippen LogP contribution < -0.4 is 10.2 Å². The highest BCUT2D eigenvalue weighted by atomic mass is 16.4.